The van der Waals surface area contributed by atoms with Crippen molar-refractivity contribution in [2.45, 2.75) is 0 Å². The van der Waals surface area contributed by atoms with Crippen LogP contribution in [0.2, 0.25) is 0 Å². The zero-order valence-corrected chi connectivity index (χ0v) is 8.04. The quantitative estimate of drug-likeness (QED) is 0.327. The minimum Gasteiger partial charge on any atom is -0.496 e. The SMILES string of the molecule is COc1ccc([N+](=O)[O-])cc1/C=C/C=O. The number of allylic oxidation sites excluding steroid dienone is 1. The Balaban J connectivity index is 3.18. The number of aldehydes is 1. The summed E-state index contributed by atoms with van der Waals surface area (Å²) in [6.45, 7) is 0. The maximum Gasteiger partial charge on any atom is 0.270 e. The van der Waals surface area contributed by atoms with Crippen LogP contribution in [0.3, 0.4) is 0 Å². The Morgan fingerprint density at radius 2 is 2.20 bits per heavy atom. The highest BCUT2D eigenvalue weighted by Crippen LogP contribution is 2.24. The van der Waals surface area contributed by atoms with E-state index in [1.165, 1.54) is 37.5 Å². The number of carbonyl (C=O) groups excluding carboxylic acids is 1. The van der Waals surface area contributed by atoms with Crippen LogP contribution in [0, 0.1) is 10.1 Å². The second kappa shape index (κ2) is 4.90. The van der Waals surface area contributed by atoms with Gasteiger partial charge in [-0.15, -0.1) is 0 Å². The fraction of sp³-hybridized carbons (Fsp3) is 0.100. The molecule has 0 aliphatic carbocycles. The molecule has 0 heterocycles. The molecule has 15 heavy (non-hydrogen) atoms. The highest BCUT2D eigenvalue weighted by Gasteiger charge is 2.08. The third-order valence-corrected chi connectivity index (χ3v) is 1.78. The highest BCUT2D eigenvalue weighted by molar-refractivity contribution is 5.76. The Kier molecular flexibility index (Phi) is 3.56. The number of hydrogen-bond donors (Lipinski definition) is 0. The van der Waals surface area contributed by atoms with Gasteiger partial charge in [0, 0.05) is 17.7 Å². The van der Waals surface area contributed by atoms with E-state index in [0.29, 0.717) is 17.6 Å². The molecule has 0 aliphatic rings. The molecule has 1 rings (SSSR count). The van der Waals surface area contributed by atoms with E-state index >= 15 is 0 Å². The molecule has 0 saturated heterocycles. The third-order valence-electron chi connectivity index (χ3n) is 1.78. The lowest BCUT2D eigenvalue weighted by atomic mass is 10.1. The molecular weight excluding hydrogens is 198 g/mol. The number of nitrogens with zero attached hydrogens (tertiary/aromatic N) is 1. The average molecular weight is 207 g/mol. The van der Waals surface area contributed by atoms with Crippen molar-refractivity contribution in [3.63, 3.8) is 0 Å². The predicted octanol–water partition coefficient (Wildman–Crippen LogP) is 1.82. The van der Waals surface area contributed by atoms with E-state index in [2.05, 4.69) is 0 Å². The summed E-state index contributed by atoms with van der Waals surface area (Å²) >= 11 is 0. The van der Waals surface area contributed by atoms with Gasteiger partial charge in [0.25, 0.3) is 5.69 Å². The van der Waals surface area contributed by atoms with Gasteiger partial charge >= 0.3 is 0 Å². The maximum absolute atomic E-state index is 10.5. The zero-order chi connectivity index (χ0) is 11.3. The van der Waals surface area contributed by atoms with Crippen LogP contribution >= 0.6 is 0 Å². The lowest BCUT2D eigenvalue weighted by Gasteiger charge is -2.03. The molecule has 0 fully saturated rings. The first-order valence-electron chi connectivity index (χ1n) is 4.13. The van der Waals surface area contributed by atoms with Gasteiger partial charge in [0.05, 0.1) is 12.0 Å². The predicted molar refractivity (Wildman–Crippen MR) is 54.7 cm³/mol. The summed E-state index contributed by atoms with van der Waals surface area (Å²) in [5, 5.41) is 10.5. The number of ether oxygens (including phenoxy) is 1. The molecule has 0 amide bonds. The van der Waals surface area contributed by atoms with E-state index in [1.807, 2.05) is 0 Å². The van der Waals surface area contributed by atoms with E-state index in [0.717, 1.165) is 0 Å². The summed E-state index contributed by atoms with van der Waals surface area (Å²) in [7, 11) is 1.46. The van der Waals surface area contributed by atoms with Crippen molar-refractivity contribution in [3.8, 4) is 5.75 Å². The fourth-order valence-electron chi connectivity index (χ4n) is 1.11. The molecule has 0 unspecified atom stereocenters. The van der Waals surface area contributed by atoms with Gasteiger partial charge < -0.3 is 4.74 Å². The molecule has 0 spiro atoms. The summed E-state index contributed by atoms with van der Waals surface area (Å²) in [5.74, 6) is 0.485. The molecule has 0 radical (unpaired) electrons. The molecule has 0 bridgehead atoms. The minimum absolute atomic E-state index is 0.0404. The molecule has 78 valence electrons. The van der Waals surface area contributed by atoms with E-state index in [-0.39, 0.29) is 5.69 Å². The number of rotatable bonds is 4. The van der Waals surface area contributed by atoms with Gasteiger partial charge in [-0.1, -0.05) is 0 Å². The van der Waals surface area contributed by atoms with Gasteiger partial charge in [-0.05, 0) is 18.2 Å². The van der Waals surface area contributed by atoms with E-state index in [9.17, 15) is 14.9 Å². The van der Waals surface area contributed by atoms with E-state index in [4.69, 9.17) is 4.74 Å². The van der Waals surface area contributed by atoms with Crippen molar-refractivity contribution in [1.82, 2.24) is 0 Å². The first kappa shape index (κ1) is 10.9. The van der Waals surface area contributed by atoms with Crippen LogP contribution in [0.25, 0.3) is 6.08 Å². The second-order valence-corrected chi connectivity index (χ2v) is 2.68. The van der Waals surface area contributed by atoms with Crippen molar-refractivity contribution in [2.24, 2.45) is 0 Å². The second-order valence-electron chi connectivity index (χ2n) is 2.68. The summed E-state index contributed by atoms with van der Waals surface area (Å²) < 4.78 is 4.99. The number of nitro benzene ring substituents is 1. The summed E-state index contributed by atoms with van der Waals surface area (Å²) in [6.07, 6.45) is 3.30. The average Bonchev–Trinajstić information content (AvgIpc) is 2.25. The van der Waals surface area contributed by atoms with Crippen LogP contribution in [0.4, 0.5) is 5.69 Å². The van der Waals surface area contributed by atoms with Gasteiger partial charge in [0.1, 0.15) is 12.0 Å². The maximum atomic E-state index is 10.5. The first-order valence-corrected chi connectivity index (χ1v) is 4.13. The van der Waals surface area contributed by atoms with Crippen LogP contribution in [-0.4, -0.2) is 18.3 Å². The molecule has 5 heteroatoms. The normalized spacial score (nSPS) is 10.2. The summed E-state index contributed by atoms with van der Waals surface area (Å²) in [4.78, 5) is 20.1. The van der Waals surface area contributed by atoms with E-state index < -0.39 is 4.92 Å². The van der Waals surface area contributed by atoms with Crippen molar-refractivity contribution in [1.29, 1.82) is 0 Å². The smallest absolute Gasteiger partial charge is 0.270 e. The minimum atomic E-state index is -0.502. The van der Waals surface area contributed by atoms with Crippen molar-refractivity contribution in [3.05, 3.63) is 40.0 Å². The Morgan fingerprint density at radius 1 is 1.47 bits per heavy atom. The number of hydrogen-bond acceptors (Lipinski definition) is 4. The first-order chi connectivity index (χ1) is 7.19. The zero-order valence-electron chi connectivity index (χ0n) is 8.04. The summed E-state index contributed by atoms with van der Waals surface area (Å²) in [5.41, 5.74) is 0.458. The van der Waals surface area contributed by atoms with Crippen LogP contribution in [-0.2, 0) is 4.79 Å². The van der Waals surface area contributed by atoms with Crippen molar-refractivity contribution >= 4 is 18.0 Å². The fourth-order valence-corrected chi connectivity index (χ4v) is 1.11. The molecule has 0 atom stereocenters. The molecule has 5 nitrogen and oxygen atoms in total. The standard InChI is InChI=1S/C10H9NO4/c1-15-10-5-4-9(11(13)14)7-8(10)3-2-6-12/h2-7H,1H3/b3-2+. The topological polar surface area (TPSA) is 69.4 Å². The summed E-state index contributed by atoms with van der Waals surface area (Å²) in [6, 6.07) is 4.18. The number of methoxy groups -OCH3 is 1. The van der Waals surface area contributed by atoms with E-state index in [1.54, 1.807) is 0 Å². The lowest BCUT2D eigenvalue weighted by molar-refractivity contribution is -0.384. The number of carbonyl (C=O) groups is 1. The lowest BCUT2D eigenvalue weighted by Crippen LogP contribution is -1.91. The molecule has 0 N–H and O–H groups in total. The molecule has 0 saturated carbocycles. The van der Waals surface area contributed by atoms with Gasteiger partial charge in [0.15, 0.2) is 0 Å². The molecule has 1 aromatic rings. The van der Waals surface area contributed by atoms with Gasteiger partial charge in [-0.2, -0.15) is 0 Å². The Hall–Kier alpha value is -2.17. The largest absolute Gasteiger partial charge is 0.496 e. The number of benzene rings is 1. The number of non-ortho nitro benzene ring substituents is 1. The van der Waals surface area contributed by atoms with Gasteiger partial charge in [-0.25, -0.2) is 0 Å². The molecular formula is C10H9NO4. The Labute approximate surface area is 86.1 Å². The van der Waals surface area contributed by atoms with Crippen LogP contribution in [0.5, 0.6) is 5.75 Å². The number of nitro groups is 1. The third kappa shape index (κ3) is 2.63. The van der Waals surface area contributed by atoms with Gasteiger partial charge in [-0.3, -0.25) is 14.9 Å². The Morgan fingerprint density at radius 3 is 2.73 bits per heavy atom. The van der Waals surface area contributed by atoms with Crippen LogP contribution in [0.15, 0.2) is 24.3 Å². The van der Waals surface area contributed by atoms with Crippen molar-refractivity contribution in [2.75, 3.05) is 7.11 Å². The highest BCUT2D eigenvalue weighted by atomic mass is 16.6. The van der Waals surface area contributed by atoms with Crippen LogP contribution in [0.1, 0.15) is 5.56 Å². The molecule has 1 aromatic carbocycles. The Bertz CT molecular complexity index is 412. The molecule has 0 aromatic heterocycles. The molecule has 0 aliphatic heterocycles. The van der Waals surface area contributed by atoms with Crippen LogP contribution < -0.4 is 4.74 Å². The van der Waals surface area contributed by atoms with Crippen molar-refractivity contribution < 1.29 is 14.5 Å². The monoisotopic (exact) mass is 207 g/mol. The van der Waals surface area contributed by atoms with Gasteiger partial charge in [0.2, 0.25) is 0 Å².